The van der Waals surface area contributed by atoms with Gasteiger partial charge >= 0.3 is 0 Å². The van der Waals surface area contributed by atoms with Crippen LogP contribution in [0.3, 0.4) is 0 Å². The molecule has 0 spiro atoms. The molecule has 0 bridgehead atoms. The number of aliphatic hydroxyl groups is 1. The maximum absolute atomic E-state index is 9.45. The standard InChI is InChI=1S/C12H14N2O2/c1-10(15)12-7-8-13-14(12)16-9-11-5-3-2-4-6-11/h2-8,10,15H,9H2,1H3. The number of nitrogens with zero attached hydrogens (tertiary/aromatic N) is 2. The number of hydrogen-bond donors (Lipinski definition) is 1. The van der Waals surface area contributed by atoms with Gasteiger partial charge in [0.2, 0.25) is 0 Å². The van der Waals surface area contributed by atoms with Crippen molar-refractivity contribution in [2.24, 2.45) is 0 Å². The fraction of sp³-hybridized carbons (Fsp3) is 0.250. The molecular weight excluding hydrogens is 204 g/mol. The van der Waals surface area contributed by atoms with Gasteiger partial charge in [0.25, 0.3) is 0 Å². The van der Waals surface area contributed by atoms with Crippen molar-refractivity contribution in [1.82, 2.24) is 9.94 Å². The summed E-state index contributed by atoms with van der Waals surface area (Å²) in [6.45, 7) is 2.11. The predicted molar refractivity (Wildman–Crippen MR) is 59.6 cm³/mol. The molecule has 4 nitrogen and oxygen atoms in total. The van der Waals surface area contributed by atoms with E-state index in [0.29, 0.717) is 12.3 Å². The molecule has 0 amide bonds. The SMILES string of the molecule is CC(O)c1ccnn1OCc1ccccc1. The number of hydrogen-bond acceptors (Lipinski definition) is 3. The molecule has 1 aromatic carbocycles. The Labute approximate surface area is 94.1 Å². The molecule has 0 aliphatic carbocycles. The van der Waals surface area contributed by atoms with Gasteiger partial charge in [-0.3, -0.25) is 0 Å². The lowest BCUT2D eigenvalue weighted by molar-refractivity contribution is 0.0463. The summed E-state index contributed by atoms with van der Waals surface area (Å²) in [4.78, 5) is 6.83. The van der Waals surface area contributed by atoms with Crippen molar-refractivity contribution < 1.29 is 9.94 Å². The smallest absolute Gasteiger partial charge is 0.142 e. The van der Waals surface area contributed by atoms with Crippen LogP contribution >= 0.6 is 0 Å². The maximum atomic E-state index is 9.45. The zero-order valence-electron chi connectivity index (χ0n) is 9.08. The zero-order valence-corrected chi connectivity index (χ0v) is 9.08. The lowest BCUT2D eigenvalue weighted by atomic mass is 10.2. The fourth-order valence-corrected chi connectivity index (χ4v) is 1.42. The Kier molecular flexibility index (Phi) is 3.22. The highest BCUT2D eigenvalue weighted by atomic mass is 16.7. The van der Waals surface area contributed by atoms with E-state index in [2.05, 4.69) is 5.10 Å². The summed E-state index contributed by atoms with van der Waals surface area (Å²) in [5, 5.41) is 13.4. The molecule has 4 heteroatoms. The number of aromatic nitrogens is 2. The zero-order chi connectivity index (χ0) is 11.4. The third kappa shape index (κ3) is 2.41. The number of rotatable bonds is 4. The third-order valence-corrected chi connectivity index (χ3v) is 2.26. The van der Waals surface area contributed by atoms with Crippen LogP contribution in [0.1, 0.15) is 24.3 Å². The Hall–Kier alpha value is -1.81. The minimum atomic E-state index is -0.585. The molecule has 0 saturated carbocycles. The Balaban J connectivity index is 2.02. The molecule has 16 heavy (non-hydrogen) atoms. The molecule has 0 saturated heterocycles. The summed E-state index contributed by atoms with van der Waals surface area (Å²) in [6.07, 6.45) is 1.02. The summed E-state index contributed by atoms with van der Waals surface area (Å²) in [5.74, 6) is 0. The van der Waals surface area contributed by atoms with Crippen molar-refractivity contribution in [3.8, 4) is 0 Å². The van der Waals surface area contributed by atoms with Gasteiger partial charge in [0.1, 0.15) is 12.3 Å². The van der Waals surface area contributed by atoms with E-state index in [1.165, 1.54) is 4.85 Å². The van der Waals surface area contributed by atoms with Gasteiger partial charge in [-0.1, -0.05) is 30.3 Å². The van der Waals surface area contributed by atoms with Gasteiger partial charge in [-0.05, 0) is 18.6 Å². The van der Waals surface area contributed by atoms with Crippen LogP contribution in [0.5, 0.6) is 0 Å². The van der Waals surface area contributed by atoms with Gasteiger partial charge < -0.3 is 9.94 Å². The first-order valence-corrected chi connectivity index (χ1v) is 5.16. The van der Waals surface area contributed by atoms with Crippen LogP contribution in [0.4, 0.5) is 0 Å². The average Bonchev–Trinajstić information content (AvgIpc) is 2.76. The molecule has 1 aromatic heterocycles. The predicted octanol–water partition coefficient (Wildman–Crippen LogP) is 1.57. The van der Waals surface area contributed by atoms with E-state index in [0.717, 1.165) is 5.56 Å². The second kappa shape index (κ2) is 4.81. The van der Waals surface area contributed by atoms with Gasteiger partial charge in [-0.15, -0.1) is 9.94 Å². The lowest BCUT2D eigenvalue weighted by Crippen LogP contribution is -2.16. The van der Waals surface area contributed by atoms with Crippen molar-refractivity contribution >= 4 is 0 Å². The van der Waals surface area contributed by atoms with Crippen LogP contribution in [-0.4, -0.2) is 15.1 Å². The highest BCUT2D eigenvalue weighted by Crippen LogP contribution is 2.09. The van der Waals surface area contributed by atoms with Crippen LogP contribution in [0.15, 0.2) is 42.6 Å². The van der Waals surface area contributed by atoms with E-state index in [9.17, 15) is 5.11 Å². The third-order valence-electron chi connectivity index (χ3n) is 2.26. The van der Waals surface area contributed by atoms with Crippen molar-refractivity contribution in [3.63, 3.8) is 0 Å². The molecule has 0 aliphatic rings. The second-order valence-corrected chi connectivity index (χ2v) is 3.56. The Morgan fingerprint density at radius 3 is 2.75 bits per heavy atom. The molecule has 84 valence electrons. The van der Waals surface area contributed by atoms with Gasteiger partial charge in [0, 0.05) is 0 Å². The largest absolute Gasteiger partial charge is 0.392 e. The van der Waals surface area contributed by atoms with E-state index < -0.39 is 6.10 Å². The van der Waals surface area contributed by atoms with Crippen molar-refractivity contribution in [1.29, 1.82) is 0 Å². The summed E-state index contributed by atoms with van der Waals surface area (Å²) >= 11 is 0. The monoisotopic (exact) mass is 218 g/mol. The average molecular weight is 218 g/mol. The first-order chi connectivity index (χ1) is 7.77. The van der Waals surface area contributed by atoms with Crippen LogP contribution in [-0.2, 0) is 6.61 Å². The molecule has 1 unspecified atom stereocenters. The quantitative estimate of drug-likeness (QED) is 0.847. The first kappa shape index (κ1) is 10.7. The van der Waals surface area contributed by atoms with Crippen molar-refractivity contribution in [2.75, 3.05) is 0 Å². The number of aliphatic hydroxyl groups excluding tert-OH is 1. The maximum Gasteiger partial charge on any atom is 0.142 e. The van der Waals surface area contributed by atoms with E-state index in [1.807, 2.05) is 30.3 Å². The molecule has 2 aromatic rings. The number of benzene rings is 1. The van der Waals surface area contributed by atoms with Gasteiger partial charge in [-0.25, -0.2) is 0 Å². The Morgan fingerprint density at radius 2 is 2.06 bits per heavy atom. The van der Waals surface area contributed by atoms with Crippen molar-refractivity contribution in [3.05, 3.63) is 53.9 Å². The first-order valence-electron chi connectivity index (χ1n) is 5.16. The topological polar surface area (TPSA) is 47.3 Å². The molecule has 1 heterocycles. The molecule has 1 N–H and O–H groups in total. The summed E-state index contributed by atoms with van der Waals surface area (Å²) in [6, 6.07) is 11.6. The molecule has 0 aliphatic heterocycles. The molecule has 1 atom stereocenters. The lowest BCUT2D eigenvalue weighted by Gasteiger charge is -2.10. The molecular formula is C12H14N2O2. The van der Waals surface area contributed by atoms with E-state index in [4.69, 9.17) is 4.84 Å². The summed E-state index contributed by atoms with van der Waals surface area (Å²) in [5.41, 5.74) is 1.71. The Morgan fingerprint density at radius 1 is 1.31 bits per heavy atom. The van der Waals surface area contributed by atoms with E-state index >= 15 is 0 Å². The summed E-state index contributed by atoms with van der Waals surface area (Å²) < 4.78 is 0. The van der Waals surface area contributed by atoms with Crippen LogP contribution in [0, 0.1) is 0 Å². The highest BCUT2D eigenvalue weighted by molar-refractivity contribution is 5.13. The minimum absolute atomic E-state index is 0.433. The van der Waals surface area contributed by atoms with Gasteiger partial charge in [0.15, 0.2) is 0 Å². The molecule has 2 rings (SSSR count). The van der Waals surface area contributed by atoms with Crippen molar-refractivity contribution in [2.45, 2.75) is 19.6 Å². The van der Waals surface area contributed by atoms with Crippen LogP contribution in [0.25, 0.3) is 0 Å². The minimum Gasteiger partial charge on any atom is -0.392 e. The summed E-state index contributed by atoms with van der Waals surface area (Å²) in [7, 11) is 0. The van der Waals surface area contributed by atoms with Crippen LogP contribution in [0.2, 0.25) is 0 Å². The fourth-order valence-electron chi connectivity index (χ4n) is 1.42. The van der Waals surface area contributed by atoms with E-state index in [1.54, 1.807) is 19.2 Å². The van der Waals surface area contributed by atoms with Gasteiger partial charge in [-0.2, -0.15) is 0 Å². The van der Waals surface area contributed by atoms with Crippen LogP contribution < -0.4 is 4.84 Å². The highest BCUT2D eigenvalue weighted by Gasteiger charge is 2.08. The normalized spacial score (nSPS) is 12.4. The van der Waals surface area contributed by atoms with Gasteiger partial charge in [0.05, 0.1) is 12.3 Å². The molecule has 0 fully saturated rings. The van der Waals surface area contributed by atoms with E-state index in [-0.39, 0.29) is 0 Å². The Bertz CT molecular complexity index is 437. The molecule has 0 radical (unpaired) electrons. The second-order valence-electron chi connectivity index (χ2n) is 3.56.